The lowest BCUT2D eigenvalue weighted by Gasteiger charge is -2.13. The van der Waals surface area contributed by atoms with Crippen LogP contribution in [0.25, 0.3) is 0 Å². The SMILES string of the molecule is CC(C)C1CN=C(Nc2c(Cl)cc(F)cc2Cl)S1. The molecular formula is C12H13Cl2FN2S. The number of nitrogens with one attached hydrogen (secondary N) is 1. The molecule has 0 radical (unpaired) electrons. The molecule has 18 heavy (non-hydrogen) atoms. The molecule has 0 amide bonds. The van der Waals surface area contributed by atoms with Crippen LogP contribution in [0.2, 0.25) is 10.0 Å². The standard InChI is InChI=1S/C12H13Cl2FN2S/c1-6(2)10-5-16-12(18-10)17-11-8(13)3-7(15)4-9(11)14/h3-4,6,10H,5H2,1-2H3,(H,16,17). The number of hydrogen-bond donors (Lipinski definition) is 1. The number of aliphatic imine (C=N–C) groups is 1. The van der Waals surface area contributed by atoms with E-state index in [1.54, 1.807) is 11.8 Å². The molecule has 1 unspecified atom stereocenters. The van der Waals surface area contributed by atoms with Crippen LogP contribution in [-0.2, 0) is 0 Å². The van der Waals surface area contributed by atoms with Crippen molar-refractivity contribution in [3.8, 4) is 0 Å². The molecule has 0 saturated heterocycles. The Morgan fingerprint density at radius 2 is 2.00 bits per heavy atom. The van der Waals surface area contributed by atoms with E-state index in [2.05, 4.69) is 24.2 Å². The highest BCUT2D eigenvalue weighted by Gasteiger charge is 2.23. The lowest BCUT2D eigenvalue weighted by molar-refractivity contribution is 0.621. The summed E-state index contributed by atoms with van der Waals surface area (Å²) in [7, 11) is 0. The first-order valence-corrected chi connectivity index (χ1v) is 7.23. The van der Waals surface area contributed by atoms with Crippen molar-refractivity contribution in [2.24, 2.45) is 10.9 Å². The van der Waals surface area contributed by atoms with Gasteiger partial charge in [0.25, 0.3) is 0 Å². The fraction of sp³-hybridized carbons (Fsp3) is 0.417. The number of benzene rings is 1. The minimum atomic E-state index is -0.448. The van der Waals surface area contributed by atoms with Crippen LogP contribution in [0, 0.1) is 11.7 Å². The predicted octanol–water partition coefficient (Wildman–Crippen LogP) is 4.67. The second kappa shape index (κ2) is 5.68. The van der Waals surface area contributed by atoms with Crippen LogP contribution < -0.4 is 5.32 Å². The van der Waals surface area contributed by atoms with Gasteiger partial charge in [-0.05, 0) is 18.1 Å². The summed E-state index contributed by atoms with van der Waals surface area (Å²) in [6, 6.07) is 2.46. The summed E-state index contributed by atoms with van der Waals surface area (Å²) in [4.78, 5) is 4.40. The molecule has 0 spiro atoms. The summed E-state index contributed by atoms with van der Waals surface area (Å²) in [5, 5.41) is 4.84. The lowest BCUT2D eigenvalue weighted by Crippen LogP contribution is -2.13. The Labute approximate surface area is 120 Å². The van der Waals surface area contributed by atoms with Crippen molar-refractivity contribution in [1.29, 1.82) is 0 Å². The molecule has 2 nitrogen and oxygen atoms in total. The molecule has 1 N–H and O–H groups in total. The molecule has 0 bridgehead atoms. The molecular weight excluding hydrogens is 294 g/mol. The first kappa shape index (κ1) is 14.0. The number of rotatable bonds is 2. The van der Waals surface area contributed by atoms with Crippen LogP contribution in [0.3, 0.4) is 0 Å². The third-order valence-corrected chi connectivity index (χ3v) is 4.71. The van der Waals surface area contributed by atoms with Crippen molar-refractivity contribution >= 4 is 45.8 Å². The van der Waals surface area contributed by atoms with Gasteiger partial charge in [-0.2, -0.15) is 0 Å². The summed E-state index contributed by atoms with van der Waals surface area (Å²) in [6.07, 6.45) is 0. The van der Waals surface area contributed by atoms with E-state index in [9.17, 15) is 4.39 Å². The molecule has 2 rings (SSSR count). The second-order valence-electron chi connectivity index (χ2n) is 4.42. The maximum Gasteiger partial charge on any atom is 0.161 e. The van der Waals surface area contributed by atoms with Crippen LogP contribution >= 0.6 is 35.0 Å². The van der Waals surface area contributed by atoms with Gasteiger partial charge in [0.15, 0.2) is 5.17 Å². The van der Waals surface area contributed by atoms with E-state index in [-0.39, 0.29) is 10.0 Å². The molecule has 0 aliphatic carbocycles. The van der Waals surface area contributed by atoms with E-state index in [4.69, 9.17) is 23.2 Å². The minimum absolute atomic E-state index is 0.260. The largest absolute Gasteiger partial charge is 0.333 e. The van der Waals surface area contributed by atoms with Crippen molar-refractivity contribution in [2.75, 3.05) is 11.9 Å². The highest BCUT2D eigenvalue weighted by molar-refractivity contribution is 8.15. The van der Waals surface area contributed by atoms with Crippen LogP contribution in [-0.4, -0.2) is 17.0 Å². The molecule has 1 aliphatic rings. The van der Waals surface area contributed by atoms with Crippen LogP contribution in [0.5, 0.6) is 0 Å². The molecule has 1 aliphatic heterocycles. The quantitative estimate of drug-likeness (QED) is 0.858. The fourth-order valence-corrected chi connectivity index (χ4v) is 3.15. The first-order valence-electron chi connectivity index (χ1n) is 5.60. The molecule has 98 valence electrons. The van der Waals surface area contributed by atoms with Crippen LogP contribution in [0.1, 0.15) is 13.8 Å². The summed E-state index contributed by atoms with van der Waals surface area (Å²) in [5.74, 6) is 0.105. The highest BCUT2D eigenvalue weighted by atomic mass is 35.5. The highest BCUT2D eigenvalue weighted by Crippen LogP contribution is 2.34. The minimum Gasteiger partial charge on any atom is -0.333 e. The second-order valence-corrected chi connectivity index (χ2v) is 6.46. The number of anilines is 1. The van der Waals surface area contributed by atoms with Gasteiger partial charge in [-0.3, -0.25) is 4.99 Å². The number of thioether (sulfide) groups is 1. The third kappa shape index (κ3) is 3.11. The number of hydrogen-bond acceptors (Lipinski definition) is 3. The molecule has 1 aromatic rings. The van der Waals surface area contributed by atoms with Crippen LogP contribution in [0.4, 0.5) is 10.1 Å². The summed E-state index contributed by atoms with van der Waals surface area (Å²) in [6.45, 7) is 5.10. The zero-order valence-electron chi connectivity index (χ0n) is 10.0. The average Bonchev–Trinajstić information content (AvgIpc) is 2.71. The van der Waals surface area contributed by atoms with E-state index in [0.717, 1.165) is 11.7 Å². The van der Waals surface area contributed by atoms with Crippen molar-refractivity contribution in [3.63, 3.8) is 0 Å². The predicted molar refractivity (Wildman–Crippen MR) is 78.6 cm³/mol. The topological polar surface area (TPSA) is 24.4 Å². The van der Waals surface area contributed by atoms with Gasteiger partial charge in [0.1, 0.15) is 5.82 Å². The van der Waals surface area contributed by atoms with Crippen LogP contribution in [0.15, 0.2) is 17.1 Å². The molecule has 0 fully saturated rings. The molecule has 6 heteroatoms. The number of halogens is 3. The van der Waals surface area contributed by atoms with E-state index >= 15 is 0 Å². The Hall–Kier alpha value is -0.450. The van der Waals surface area contributed by atoms with E-state index in [1.807, 2.05) is 0 Å². The van der Waals surface area contributed by atoms with Gasteiger partial charge < -0.3 is 5.32 Å². The number of amidine groups is 1. The van der Waals surface area contributed by atoms with Crippen molar-refractivity contribution in [1.82, 2.24) is 0 Å². The zero-order valence-corrected chi connectivity index (χ0v) is 12.3. The maximum absolute atomic E-state index is 13.1. The van der Waals surface area contributed by atoms with Gasteiger partial charge >= 0.3 is 0 Å². The molecule has 1 aromatic carbocycles. The normalized spacial score (nSPS) is 19.2. The smallest absolute Gasteiger partial charge is 0.161 e. The number of nitrogens with zero attached hydrogens (tertiary/aromatic N) is 1. The Kier molecular flexibility index (Phi) is 4.41. The fourth-order valence-electron chi connectivity index (χ4n) is 1.58. The van der Waals surface area contributed by atoms with Gasteiger partial charge in [-0.1, -0.05) is 48.8 Å². The first-order chi connectivity index (χ1) is 8.47. The summed E-state index contributed by atoms with van der Waals surface area (Å²) >= 11 is 13.6. The Morgan fingerprint density at radius 3 is 2.50 bits per heavy atom. The van der Waals surface area contributed by atoms with Gasteiger partial charge in [-0.25, -0.2) is 4.39 Å². The Morgan fingerprint density at radius 1 is 1.39 bits per heavy atom. The van der Waals surface area contributed by atoms with Gasteiger partial charge in [0.2, 0.25) is 0 Å². The third-order valence-electron chi connectivity index (χ3n) is 2.66. The maximum atomic E-state index is 13.1. The van der Waals surface area contributed by atoms with Crippen molar-refractivity contribution < 1.29 is 4.39 Å². The Balaban J connectivity index is 2.12. The summed E-state index contributed by atoms with van der Waals surface area (Å²) < 4.78 is 13.1. The molecule has 0 aromatic heterocycles. The van der Waals surface area contributed by atoms with E-state index in [0.29, 0.717) is 16.9 Å². The average molecular weight is 307 g/mol. The zero-order chi connectivity index (χ0) is 13.3. The van der Waals surface area contributed by atoms with Crippen molar-refractivity contribution in [3.05, 3.63) is 28.0 Å². The van der Waals surface area contributed by atoms with Gasteiger partial charge in [-0.15, -0.1) is 0 Å². The lowest BCUT2D eigenvalue weighted by atomic mass is 10.1. The van der Waals surface area contributed by atoms with Crippen molar-refractivity contribution in [2.45, 2.75) is 19.1 Å². The Bertz CT molecular complexity index is 468. The molecule has 1 atom stereocenters. The van der Waals surface area contributed by atoms with E-state index < -0.39 is 5.82 Å². The van der Waals surface area contributed by atoms with Gasteiger partial charge in [0.05, 0.1) is 22.3 Å². The molecule has 1 heterocycles. The molecule has 0 saturated carbocycles. The van der Waals surface area contributed by atoms with E-state index in [1.165, 1.54) is 12.1 Å². The monoisotopic (exact) mass is 306 g/mol. The summed E-state index contributed by atoms with van der Waals surface area (Å²) in [5.41, 5.74) is 0.510. The van der Waals surface area contributed by atoms with Gasteiger partial charge in [0, 0.05) is 5.25 Å².